The Morgan fingerprint density at radius 2 is 2.16 bits per heavy atom. The van der Waals surface area contributed by atoms with E-state index in [-0.39, 0.29) is 12.5 Å². The number of hydrogen-bond acceptors (Lipinski definition) is 3. The Kier molecular flexibility index (Phi) is 4.19. The van der Waals surface area contributed by atoms with Crippen LogP contribution in [0.3, 0.4) is 0 Å². The van der Waals surface area contributed by atoms with Crippen molar-refractivity contribution in [3.05, 3.63) is 41.5 Å². The molecule has 0 spiro atoms. The number of nitrogens with zero attached hydrogens (tertiary/aromatic N) is 2. The van der Waals surface area contributed by atoms with Crippen LogP contribution in [-0.2, 0) is 4.79 Å². The Bertz CT molecular complexity index is 526. The average Bonchev–Trinajstić information content (AvgIpc) is 2.46. The first-order valence-electron chi connectivity index (χ1n) is 6.25. The highest BCUT2D eigenvalue weighted by Gasteiger charge is 2.15. The summed E-state index contributed by atoms with van der Waals surface area (Å²) in [5.74, 6) is 0.601. The molecule has 0 bridgehead atoms. The van der Waals surface area contributed by atoms with E-state index in [1.807, 2.05) is 6.07 Å². The minimum absolute atomic E-state index is 0.00638. The molecular weight excluding hydrogens is 240 g/mol. The van der Waals surface area contributed by atoms with Crippen LogP contribution in [0, 0.1) is 11.3 Å². The molecule has 0 fully saturated rings. The van der Waals surface area contributed by atoms with Crippen molar-refractivity contribution in [2.75, 3.05) is 19.7 Å². The molecule has 1 aliphatic heterocycles. The van der Waals surface area contributed by atoms with Gasteiger partial charge in [0.1, 0.15) is 5.75 Å². The van der Waals surface area contributed by atoms with Gasteiger partial charge >= 0.3 is 0 Å². The predicted molar refractivity (Wildman–Crippen MR) is 71.6 cm³/mol. The van der Waals surface area contributed by atoms with Gasteiger partial charge < -0.3 is 9.64 Å². The van der Waals surface area contributed by atoms with Crippen molar-refractivity contribution >= 4 is 5.91 Å². The standard InChI is InChI=1S/C15H16N2O2/c1-12-6-8-17(9-7-12)15(18)11-19-14-4-2-13(10-16)3-5-14/h2-6H,7-9,11H2,1H3. The van der Waals surface area contributed by atoms with Gasteiger partial charge in [-0.15, -0.1) is 0 Å². The molecule has 1 aromatic carbocycles. The third-order valence-electron chi connectivity index (χ3n) is 3.13. The van der Waals surface area contributed by atoms with Crippen LogP contribution in [0.5, 0.6) is 5.75 Å². The van der Waals surface area contributed by atoms with Crippen LogP contribution in [0.2, 0.25) is 0 Å². The maximum absolute atomic E-state index is 11.9. The van der Waals surface area contributed by atoms with Crippen molar-refractivity contribution in [2.24, 2.45) is 0 Å². The number of amides is 1. The molecule has 1 aromatic rings. The molecule has 0 atom stereocenters. The molecule has 1 amide bonds. The average molecular weight is 256 g/mol. The topological polar surface area (TPSA) is 53.3 Å². The summed E-state index contributed by atoms with van der Waals surface area (Å²) >= 11 is 0. The van der Waals surface area contributed by atoms with Crippen LogP contribution in [-0.4, -0.2) is 30.5 Å². The molecule has 0 saturated heterocycles. The monoisotopic (exact) mass is 256 g/mol. The summed E-state index contributed by atoms with van der Waals surface area (Å²) in [4.78, 5) is 13.7. The van der Waals surface area contributed by atoms with Gasteiger partial charge in [0.05, 0.1) is 11.6 Å². The number of hydrogen-bond donors (Lipinski definition) is 0. The Balaban J connectivity index is 1.85. The third-order valence-corrected chi connectivity index (χ3v) is 3.13. The molecule has 4 nitrogen and oxygen atoms in total. The Labute approximate surface area is 112 Å². The molecule has 0 N–H and O–H groups in total. The van der Waals surface area contributed by atoms with Gasteiger partial charge in [0, 0.05) is 13.1 Å². The van der Waals surface area contributed by atoms with Gasteiger partial charge in [-0.2, -0.15) is 5.26 Å². The summed E-state index contributed by atoms with van der Waals surface area (Å²) in [7, 11) is 0. The minimum atomic E-state index is -0.00638. The minimum Gasteiger partial charge on any atom is -0.484 e. The number of rotatable bonds is 3. The first-order chi connectivity index (χ1) is 9.19. The van der Waals surface area contributed by atoms with E-state index in [0.29, 0.717) is 17.9 Å². The highest BCUT2D eigenvalue weighted by molar-refractivity contribution is 5.78. The predicted octanol–water partition coefficient (Wildman–Crippen LogP) is 2.12. The summed E-state index contributed by atoms with van der Waals surface area (Å²) in [5, 5.41) is 8.68. The summed E-state index contributed by atoms with van der Waals surface area (Å²) in [5.41, 5.74) is 1.91. The quantitative estimate of drug-likeness (QED) is 0.778. The van der Waals surface area contributed by atoms with Crippen molar-refractivity contribution in [1.29, 1.82) is 5.26 Å². The number of carbonyl (C=O) groups excluding carboxylic acids is 1. The SMILES string of the molecule is CC1=CCN(C(=O)COc2ccc(C#N)cc2)CC1. The molecule has 0 unspecified atom stereocenters. The molecule has 1 heterocycles. The molecule has 98 valence electrons. The lowest BCUT2D eigenvalue weighted by molar-refractivity contribution is -0.133. The number of nitriles is 1. The third kappa shape index (κ3) is 3.59. The van der Waals surface area contributed by atoms with Crippen molar-refractivity contribution in [1.82, 2.24) is 4.90 Å². The van der Waals surface area contributed by atoms with Gasteiger partial charge in [-0.1, -0.05) is 11.6 Å². The second-order valence-corrected chi connectivity index (χ2v) is 4.57. The molecular formula is C15H16N2O2. The van der Waals surface area contributed by atoms with E-state index in [4.69, 9.17) is 10.00 Å². The lowest BCUT2D eigenvalue weighted by atomic mass is 10.1. The Hall–Kier alpha value is -2.28. The highest BCUT2D eigenvalue weighted by atomic mass is 16.5. The molecule has 4 heteroatoms. The van der Waals surface area contributed by atoms with Crippen LogP contribution < -0.4 is 4.74 Å². The van der Waals surface area contributed by atoms with Gasteiger partial charge in [-0.25, -0.2) is 0 Å². The first-order valence-corrected chi connectivity index (χ1v) is 6.25. The van der Waals surface area contributed by atoms with Crippen LogP contribution in [0.1, 0.15) is 18.9 Å². The van der Waals surface area contributed by atoms with Crippen LogP contribution in [0.15, 0.2) is 35.9 Å². The van der Waals surface area contributed by atoms with Crippen molar-refractivity contribution in [3.8, 4) is 11.8 Å². The van der Waals surface area contributed by atoms with Crippen molar-refractivity contribution < 1.29 is 9.53 Å². The zero-order valence-corrected chi connectivity index (χ0v) is 10.9. The first kappa shape index (κ1) is 13.2. The van der Waals surface area contributed by atoms with E-state index in [1.165, 1.54) is 5.57 Å². The van der Waals surface area contributed by atoms with E-state index in [9.17, 15) is 4.79 Å². The van der Waals surface area contributed by atoms with Crippen molar-refractivity contribution in [2.45, 2.75) is 13.3 Å². The summed E-state index contributed by atoms with van der Waals surface area (Å²) in [6.45, 7) is 3.55. The molecule has 19 heavy (non-hydrogen) atoms. The van der Waals surface area contributed by atoms with Gasteiger partial charge in [-0.3, -0.25) is 4.79 Å². The summed E-state index contributed by atoms with van der Waals surface area (Å²) in [6, 6.07) is 8.79. The van der Waals surface area contributed by atoms with E-state index in [1.54, 1.807) is 29.2 Å². The molecule has 0 radical (unpaired) electrons. The van der Waals surface area contributed by atoms with E-state index in [2.05, 4.69) is 13.0 Å². The normalized spacial score (nSPS) is 14.5. The molecule has 0 saturated carbocycles. The van der Waals surface area contributed by atoms with Gasteiger partial charge in [0.2, 0.25) is 0 Å². The zero-order valence-electron chi connectivity index (χ0n) is 10.9. The number of benzene rings is 1. The van der Waals surface area contributed by atoms with E-state index in [0.717, 1.165) is 13.0 Å². The van der Waals surface area contributed by atoms with Gasteiger partial charge in [-0.05, 0) is 37.6 Å². The second-order valence-electron chi connectivity index (χ2n) is 4.57. The summed E-state index contributed by atoms with van der Waals surface area (Å²) in [6.07, 6.45) is 3.01. The lowest BCUT2D eigenvalue weighted by Crippen LogP contribution is -2.37. The number of ether oxygens (including phenoxy) is 1. The fourth-order valence-electron chi connectivity index (χ4n) is 1.86. The number of carbonyl (C=O) groups is 1. The molecule has 0 aliphatic carbocycles. The largest absolute Gasteiger partial charge is 0.484 e. The maximum Gasteiger partial charge on any atom is 0.260 e. The van der Waals surface area contributed by atoms with Crippen LogP contribution in [0.25, 0.3) is 0 Å². The lowest BCUT2D eigenvalue weighted by Gasteiger charge is -2.25. The second kappa shape index (κ2) is 6.05. The maximum atomic E-state index is 11.9. The fraction of sp³-hybridized carbons (Fsp3) is 0.333. The molecule has 0 aromatic heterocycles. The summed E-state index contributed by atoms with van der Waals surface area (Å²) < 4.78 is 5.43. The smallest absolute Gasteiger partial charge is 0.260 e. The van der Waals surface area contributed by atoms with Gasteiger partial charge in [0.25, 0.3) is 5.91 Å². The Morgan fingerprint density at radius 3 is 2.74 bits per heavy atom. The van der Waals surface area contributed by atoms with Crippen LogP contribution in [0.4, 0.5) is 0 Å². The van der Waals surface area contributed by atoms with E-state index < -0.39 is 0 Å². The van der Waals surface area contributed by atoms with Crippen molar-refractivity contribution in [3.63, 3.8) is 0 Å². The molecule has 1 aliphatic rings. The molecule has 2 rings (SSSR count). The Morgan fingerprint density at radius 1 is 1.42 bits per heavy atom. The fourth-order valence-corrected chi connectivity index (χ4v) is 1.86. The zero-order chi connectivity index (χ0) is 13.7. The highest BCUT2D eigenvalue weighted by Crippen LogP contribution is 2.13. The van der Waals surface area contributed by atoms with Gasteiger partial charge in [0.15, 0.2) is 6.61 Å². The van der Waals surface area contributed by atoms with Crippen LogP contribution >= 0.6 is 0 Å². The van der Waals surface area contributed by atoms with E-state index >= 15 is 0 Å².